The number of nitro benzene ring substituents is 1. The summed E-state index contributed by atoms with van der Waals surface area (Å²) in [5, 5.41) is 14.0. The minimum absolute atomic E-state index is 0.111. The van der Waals surface area contributed by atoms with Crippen molar-refractivity contribution in [1.82, 2.24) is 10.2 Å². The first-order chi connectivity index (χ1) is 12.9. The maximum absolute atomic E-state index is 12.5. The number of benzene rings is 1. The molecule has 1 saturated carbocycles. The second kappa shape index (κ2) is 8.69. The van der Waals surface area contributed by atoms with Gasteiger partial charge in [-0.05, 0) is 30.4 Å². The Morgan fingerprint density at radius 2 is 1.81 bits per heavy atom. The number of nitro groups is 1. The smallest absolute Gasteiger partial charge is 0.269 e. The third-order valence-electron chi connectivity index (χ3n) is 6.22. The van der Waals surface area contributed by atoms with Crippen LogP contribution in [0.5, 0.6) is 0 Å². The van der Waals surface area contributed by atoms with E-state index in [-0.39, 0.29) is 16.5 Å². The van der Waals surface area contributed by atoms with Crippen molar-refractivity contribution < 1.29 is 9.72 Å². The summed E-state index contributed by atoms with van der Waals surface area (Å²) < 4.78 is 0. The molecule has 3 rings (SSSR count). The molecule has 2 fully saturated rings. The Balaban J connectivity index is 1.45. The highest BCUT2D eigenvalue weighted by atomic mass is 16.6. The number of hydrogen-bond acceptors (Lipinski definition) is 5. The van der Waals surface area contributed by atoms with Crippen molar-refractivity contribution in [2.75, 3.05) is 37.6 Å². The van der Waals surface area contributed by atoms with Crippen LogP contribution in [-0.2, 0) is 4.79 Å². The SMILES string of the molecule is CC1CCCC(NC(=O)CN2CCN(c3ccc([N+](=O)[O-])cc3)CC2)C1C. The van der Waals surface area contributed by atoms with Gasteiger partial charge in [0.05, 0.1) is 11.5 Å². The predicted molar refractivity (Wildman–Crippen MR) is 106 cm³/mol. The Labute approximate surface area is 160 Å². The lowest BCUT2D eigenvalue weighted by Gasteiger charge is -2.37. The van der Waals surface area contributed by atoms with Crippen molar-refractivity contribution in [2.45, 2.75) is 39.2 Å². The van der Waals surface area contributed by atoms with Gasteiger partial charge in [0.15, 0.2) is 0 Å². The van der Waals surface area contributed by atoms with Crippen LogP contribution < -0.4 is 10.2 Å². The van der Waals surface area contributed by atoms with Crippen LogP contribution in [0.3, 0.4) is 0 Å². The van der Waals surface area contributed by atoms with Gasteiger partial charge in [0, 0.05) is 50.0 Å². The molecule has 1 amide bonds. The average Bonchev–Trinajstić information content (AvgIpc) is 2.66. The molecule has 7 heteroatoms. The van der Waals surface area contributed by atoms with Crippen LogP contribution in [0.4, 0.5) is 11.4 Å². The Kier molecular flexibility index (Phi) is 6.31. The molecule has 1 N–H and O–H groups in total. The number of hydrogen-bond donors (Lipinski definition) is 1. The molecule has 0 spiro atoms. The number of amides is 1. The van der Waals surface area contributed by atoms with Gasteiger partial charge in [-0.3, -0.25) is 19.8 Å². The lowest BCUT2D eigenvalue weighted by molar-refractivity contribution is -0.384. The van der Waals surface area contributed by atoms with Crippen LogP contribution in [0.15, 0.2) is 24.3 Å². The fraction of sp³-hybridized carbons (Fsp3) is 0.650. The van der Waals surface area contributed by atoms with Gasteiger partial charge in [-0.25, -0.2) is 0 Å². The quantitative estimate of drug-likeness (QED) is 0.633. The lowest BCUT2D eigenvalue weighted by Crippen LogP contribution is -2.52. The van der Waals surface area contributed by atoms with E-state index in [1.807, 2.05) is 0 Å². The summed E-state index contributed by atoms with van der Waals surface area (Å²) in [6.07, 6.45) is 3.55. The molecule has 1 saturated heterocycles. The monoisotopic (exact) mass is 374 g/mol. The molecule has 0 aromatic heterocycles. The summed E-state index contributed by atoms with van der Waals surface area (Å²) in [4.78, 5) is 27.2. The molecule has 1 aliphatic carbocycles. The van der Waals surface area contributed by atoms with Crippen molar-refractivity contribution in [2.24, 2.45) is 11.8 Å². The predicted octanol–water partition coefficient (Wildman–Crippen LogP) is 2.66. The molecule has 1 heterocycles. The minimum atomic E-state index is -0.381. The summed E-state index contributed by atoms with van der Waals surface area (Å²) in [5.74, 6) is 1.35. The number of nitrogens with one attached hydrogen (secondary N) is 1. The lowest BCUT2D eigenvalue weighted by atomic mass is 9.78. The van der Waals surface area contributed by atoms with Gasteiger partial charge in [-0.2, -0.15) is 0 Å². The standard InChI is InChI=1S/C20H30N4O3/c1-15-4-3-5-19(16(15)2)21-20(25)14-22-10-12-23(13-11-22)17-6-8-18(9-7-17)24(26)27/h6-9,15-16,19H,3-5,10-14H2,1-2H3,(H,21,25). The van der Waals surface area contributed by atoms with Gasteiger partial charge in [-0.1, -0.05) is 26.7 Å². The van der Waals surface area contributed by atoms with E-state index in [0.29, 0.717) is 24.4 Å². The van der Waals surface area contributed by atoms with Crippen LogP contribution in [0, 0.1) is 22.0 Å². The molecule has 0 radical (unpaired) electrons. The van der Waals surface area contributed by atoms with E-state index < -0.39 is 0 Å². The molecular formula is C20H30N4O3. The highest BCUT2D eigenvalue weighted by Gasteiger charge is 2.29. The zero-order chi connectivity index (χ0) is 19.4. The van der Waals surface area contributed by atoms with Gasteiger partial charge < -0.3 is 10.2 Å². The van der Waals surface area contributed by atoms with Crippen molar-refractivity contribution in [1.29, 1.82) is 0 Å². The van der Waals surface area contributed by atoms with Crippen LogP contribution >= 0.6 is 0 Å². The third-order valence-corrected chi connectivity index (χ3v) is 6.22. The molecule has 3 atom stereocenters. The van der Waals surface area contributed by atoms with Crippen LogP contribution in [0.1, 0.15) is 33.1 Å². The first-order valence-corrected chi connectivity index (χ1v) is 9.95. The zero-order valence-electron chi connectivity index (χ0n) is 16.3. The molecule has 7 nitrogen and oxygen atoms in total. The van der Waals surface area contributed by atoms with Gasteiger partial charge in [0.2, 0.25) is 5.91 Å². The minimum Gasteiger partial charge on any atom is -0.369 e. The van der Waals surface area contributed by atoms with Crippen molar-refractivity contribution in [3.63, 3.8) is 0 Å². The summed E-state index contributed by atoms with van der Waals surface area (Å²) in [6.45, 7) is 8.26. The first kappa shape index (κ1) is 19.6. The molecular weight excluding hydrogens is 344 g/mol. The Morgan fingerprint density at radius 3 is 2.44 bits per heavy atom. The second-order valence-electron chi connectivity index (χ2n) is 7.98. The van der Waals surface area contributed by atoms with Gasteiger partial charge >= 0.3 is 0 Å². The van der Waals surface area contributed by atoms with Gasteiger partial charge in [-0.15, -0.1) is 0 Å². The molecule has 1 aromatic carbocycles. The Hall–Kier alpha value is -2.15. The summed E-state index contributed by atoms with van der Waals surface area (Å²) in [6, 6.07) is 6.99. The number of rotatable bonds is 5. The Bertz CT molecular complexity index is 656. The van der Waals surface area contributed by atoms with Gasteiger partial charge in [0.1, 0.15) is 0 Å². The normalized spacial score (nSPS) is 26.6. The zero-order valence-corrected chi connectivity index (χ0v) is 16.3. The van der Waals surface area contributed by atoms with E-state index in [1.165, 1.54) is 12.8 Å². The third kappa shape index (κ3) is 4.97. The summed E-state index contributed by atoms with van der Waals surface area (Å²) in [5.41, 5.74) is 1.11. The number of nitrogens with zero attached hydrogens (tertiary/aromatic N) is 3. The maximum atomic E-state index is 12.5. The molecule has 27 heavy (non-hydrogen) atoms. The fourth-order valence-corrected chi connectivity index (χ4v) is 4.19. The average molecular weight is 374 g/mol. The largest absolute Gasteiger partial charge is 0.369 e. The van der Waals surface area contributed by atoms with Gasteiger partial charge in [0.25, 0.3) is 5.69 Å². The van der Waals surface area contributed by atoms with E-state index in [2.05, 4.69) is 29.0 Å². The molecule has 1 aromatic rings. The fourth-order valence-electron chi connectivity index (χ4n) is 4.19. The summed E-state index contributed by atoms with van der Waals surface area (Å²) in [7, 11) is 0. The molecule has 0 bridgehead atoms. The highest BCUT2D eigenvalue weighted by molar-refractivity contribution is 5.78. The van der Waals surface area contributed by atoms with E-state index in [9.17, 15) is 14.9 Å². The topological polar surface area (TPSA) is 78.7 Å². The number of non-ortho nitro benzene ring substituents is 1. The summed E-state index contributed by atoms with van der Waals surface area (Å²) >= 11 is 0. The number of carbonyl (C=O) groups is 1. The molecule has 3 unspecified atom stereocenters. The molecule has 2 aliphatic rings. The number of piperazine rings is 1. The van der Waals surface area contributed by atoms with Crippen LogP contribution in [-0.4, -0.2) is 54.5 Å². The van der Waals surface area contributed by atoms with Crippen molar-refractivity contribution >= 4 is 17.3 Å². The van der Waals surface area contributed by atoms with Crippen molar-refractivity contribution in [3.05, 3.63) is 34.4 Å². The second-order valence-corrected chi connectivity index (χ2v) is 7.98. The number of anilines is 1. The van der Waals surface area contributed by atoms with Crippen molar-refractivity contribution in [3.8, 4) is 0 Å². The van der Waals surface area contributed by atoms with E-state index in [4.69, 9.17) is 0 Å². The van der Waals surface area contributed by atoms with E-state index in [0.717, 1.165) is 38.3 Å². The highest BCUT2D eigenvalue weighted by Crippen LogP contribution is 2.29. The van der Waals surface area contributed by atoms with Crippen LogP contribution in [0.2, 0.25) is 0 Å². The van der Waals surface area contributed by atoms with E-state index >= 15 is 0 Å². The van der Waals surface area contributed by atoms with Crippen LogP contribution in [0.25, 0.3) is 0 Å². The molecule has 1 aliphatic heterocycles. The van der Waals surface area contributed by atoms with E-state index in [1.54, 1.807) is 24.3 Å². The molecule has 148 valence electrons. The Morgan fingerprint density at radius 1 is 1.15 bits per heavy atom. The first-order valence-electron chi connectivity index (χ1n) is 9.95. The maximum Gasteiger partial charge on any atom is 0.269 e. The number of carbonyl (C=O) groups excluding carboxylic acids is 1.